The maximum absolute atomic E-state index is 11.7. The van der Waals surface area contributed by atoms with Crippen molar-refractivity contribution >= 4 is 16.9 Å². The molecule has 0 bridgehead atoms. The first-order valence-corrected chi connectivity index (χ1v) is 8.16. The zero-order valence-corrected chi connectivity index (χ0v) is 14.2. The normalized spacial score (nSPS) is 20.8. The average molecular weight is 330 g/mol. The van der Waals surface area contributed by atoms with E-state index in [1.807, 2.05) is 12.1 Å². The molecule has 1 aromatic carbocycles. The van der Waals surface area contributed by atoms with E-state index in [0.29, 0.717) is 16.7 Å². The van der Waals surface area contributed by atoms with Crippen LogP contribution in [0, 0.1) is 12.8 Å². The number of benzene rings is 1. The quantitative estimate of drug-likeness (QED) is 0.871. The zero-order valence-electron chi connectivity index (χ0n) is 14.2. The van der Waals surface area contributed by atoms with Gasteiger partial charge >= 0.3 is 5.97 Å². The van der Waals surface area contributed by atoms with Crippen LogP contribution in [-0.2, 0) is 9.53 Å². The van der Waals surface area contributed by atoms with Crippen molar-refractivity contribution in [2.24, 2.45) is 5.92 Å². The van der Waals surface area contributed by atoms with Crippen molar-refractivity contribution in [1.29, 1.82) is 0 Å². The van der Waals surface area contributed by atoms with Gasteiger partial charge in [-0.25, -0.2) is 4.98 Å². The summed E-state index contributed by atoms with van der Waals surface area (Å²) in [7, 11) is 3.07. The van der Waals surface area contributed by atoms with Crippen LogP contribution in [0.4, 0.5) is 0 Å². The van der Waals surface area contributed by atoms with E-state index in [9.17, 15) is 9.90 Å². The summed E-state index contributed by atoms with van der Waals surface area (Å²) < 4.78 is 10.4. The van der Waals surface area contributed by atoms with Crippen LogP contribution >= 0.6 is 0 Å². The smallest absolute Gasteiger partial charge is 0.308 e. The van der Waals surface area contributed by atoms with Gasteiger partial charge in [0.2, 0.25) is 5.88 Å². The second-order valence-electron chi connectivity index (χ2n) is 6.28. The highest BCUT2D eigenvalue weighted by Gasteiger charge is 2.29. The van der Waals surface area contributed by atoms with Crippen LogP contribution in [0.1, 0.15) is 43.0 Å². The van der Waals surface area contributed by atoms with Crippen LogP contribution in [0.2, 0.25) is 0 Å². The number of hydrogen-bond acceptors (Lipinski definition) is 6. The minimum atomic E-state index is -0.125. The molecule has 1 aromatic heterocycles. The van der Waals surface area contributed by atoms with Crippen LogP contribution in [0.5, 0.6) is 11.6 Å². The molecule has 1 heterocycles. The number of fused-ring (bicyclic) bond motifs is 1. The number of hydrogen-bond donors (Lipinski definition) is 1. The number of aromatic hydroxyl groups is 1. The number of esters is 1. The van der Waals surface area contributed by atoms with Gasteiger partial charge in [0.05, 0.1) is 31.0 Å². The van der Waals surface area contributed by atoms with Crippen molar-refractivity contribution in [2.45, 2.75) is 38.5 Å². The first-order chi connectivity index (χ1) is 11.5. The third-order valence-corrected chi connectivity index (χ3v) is 4.84. The molecule has 6 nitrogen and oxygen atoms in total. The standard InChI is InChI=1S/C18H22N2O4/c1-10-19-15-9-16(23-2)13(8-14(15)17(21)20-10)11-4-6-12(7-5-11)18(22)24-3/h8-9,11-12H,4-7H2,1-3H3,(H,19,20,21). The fourth-order valence-electron chi connectivity index (χ4n) is 3.57. The van der Waals surface area contributed by atoms with Crippen LogP contribution in [0.15, 0.2) is 12.1 Å². The maximum atomic E-state index is 11.7. The van der Waals surface area contributed by atoms with Crippen molar-refractivity contribution in [3.63, 3.8) is 0 Å². The largest absolute Gasteiger partial charge is 0.496 e. The first kappa shape index (κ1) is 16.5. The van der Waals surface area contributed by atoms with E-state index in [-0.39, 0.29) is 23.7 Å². The summed E-state index contributed by atoms with van der Waals surface area (Å²) in [5, 5.41) is 10.8. The van der Waals surface area contributed by atoms with Gasteiger partial charge in [0, 0.05) is 6.07 Å². The predicted molar refractivity (Wildman–Crippen MR) is 89.2 cm³/mol. The number of aromatic nitrogens is 2. The number of carbonyl (C=O) groups excluding carboxylic acids is 1. The maximum Gasteiger partial charge on any atom is 0.308 e. The van der Waals surface area contributed by atoms with Crippen LogP contribution in [0.3, 0.4) is 0 Å². The van der Waals surface area contributed by atoms with Crippen molar-refractivity contribution in [3.8, 4) is 11.6 Å². The molecule has 0 saturated heterocycles. The molecule has 1 saturated carbocycles. The average Bonchev–Trinajstić information content (AvgIpc) is 2.60. The summed E-state index contributed by atoms with van der Waals surface area (Å²) >= 11 is 0. The zero-order chi connectivity index (χ0) is 17.3. The van der Waals surface area contributed by atoms with Crippen molar-refractivity contribution < 1.29 is 19.4 Å². The lowest BCUT2D eigenvalue weighted by Gasteiger charge is -2.28. The molecule has 1 N–H and O–H groups in total. The van der Waals surface area contributed by atoms with Gasteiger partial charge in [-0.05, 0) is 50.2 Å². The minimum absolute atomic E-state index is 0.00958. The third-order valence-electron chi connectivity index (χ3n) is 4.84. The summed E-state index contributed by atoms with van der Waals surface area (Å²) in [5.41, 5.74) is 1.71. The Kier molecular flexibility index (Phi) is 4.55. The Morgan fingerprint density at radius 3 is 2.50 bits per heavy atom. The monoisotopic (exact) mass is 330 g/mol. The van der Waals surface area contributed by atoms with Gasteiger partial charge in [0.1, 0.15) is 11.6 Å². The lowest BCUT2D eigenvalue weighted by molar-refractivity contribution is -0.146. The predicted octanol–water partition coefficient (Wildman–Crippen LogP) is 3.10. The second kappa shape index (κ2) is 6.63. The molecule has 0 radical (unpaired) electrons. The van der Waals surface area contributed by atoms with Gasteiger partial charge in [0.25, 0.3) is 0 Å². The van der Waals surface area contributed by atoms with Gasteiger partial charge in [0.15, 0.2) is 0 Å². The first-order valence-electron chi connectivity index (χ1n) is 8.16. The van der Waals surface area contributed by atoms with Crippen molar-refractivity contribution in [1.82, 2.24) is 9.97 Å². The number of nitrogens with zero attached hydrogens (tertiary/aromatic N) is 2. The van der Waals surface area contributed by atoms with Gasteiger partial charge in [-0.2, -0.15) is 4.98 Å². The molecule has 3 rings (SSSR count). The SMILES string of the molecule is COC(=O)C1CCC(c2cc3c(O)nc(C)nc3cc2OC)CC1. The third kappa shape index (κ3) is 3.00. The van der Waals surface area contributed by atoms with Gasteiger partial charge < -0.3 is 14.6 Å². The molecule has 1 aliphatic carbocycles. The van der Waals surface area contributed by atoms with E-state index in [1.54, 1.807) is 14.0 Å². The summed E-state index contributed by atoms with van der Waals surface area (Å²) in [4.78, 5) is 20.1. The highest BCUT2D eigenvalue weighted by Crippen LogP contribution is 2.42. The van der Waals surface area contributed by atoms with Gasteiger partial charge in [-0.3, -0.25) is 4.79 Å². The topological polar surface area (TPSA) is 81.5 Å². The number of ether oxygens (including phenoxy) is 2. The summed E-state index contributed by atoms with van der Waals surface area (Å²) in [6, 6.07) is 3.78. The molecular formula is C18H22N2O4. The van der Waals surface area contributed by atoms with Crippen LogP contribution in [-0.4, -0.2) is 35.3 Å². The van der Waals surface area contributed by atoms with Crippen LogP contribution in [0.25, 0.3) is 10.9 Å². The molecular weight excluding hydrogens is 308 g/mol. The Bertz CT molecular complexity index is 767. The molecule has 128 valence electrons. The number of carbonyl (C=O) groups is 1. The Morgan fingerprint density at radius 1 is 1.17 bits per heavy atom. The van der Waals surface area contributed by atoms with Gasteiger partial charge in [-0.1, -0.05) is 0 Å². The van der Waals surface area contributed by atoms with Crippen molar-refractivity contribution in [3.05, 3.63) is 23.5 Å². The van der Waals surface area contributed by atoms with E-state index in [1.165, 1.54) is 7.11 Å². The number of rotatable bonds is 3. The molecule has 1 fully saturated rings. The Balaban J connectivity index is 1.93. The summed E-state index contributed by atoms with van der Waals surface area (Å²) in [6.07, 6.45) is 3.37. The lowest BCUT2D eigenvalue weighted by Crippen LogP contribution is -2.22. The Labute approximate surface area is 140 Å². The molecule has 0 unspecified atom stereocenters. The molecule has 6 heteroatoms. The van der Waals surface area contributed by atoms with E-state index >= 15 is 0 Å². The molecule has 0 atom stereocenters. The molecule has 0 spiro atoms. The van der Waals surface area contributed by atoms with E-state index in [2.05, 4.69) is 9.97 Å². The Morgan fingerprint density at radius 2 is 1.88 bits per heavy atom. The lowest BCUT2D eigenvalue weighted by atomic mass is 9.78. The molecule has 1 aliphatic rings. The molecule has 0 amide bonds. The number of methoxy groups -OCH3 is 2. The molecule has 24 heavy (non-hydrogen) atoms. The van der Waals surface area contributed by atoms with Crippen molar-refractivity contribution in [2.75, 3.05) is 14.2 Å². The number of aryl methyl sites for hydroxylation is 1. The second-order valence-corrected chi connectivity index (χ2v) is 6.28. The fraction of sp³-hybridized carbons (Fsp3) is 0.500. The summed E-state index contributed by atoms with van der Waals surface area (Å²) in [6.45, 7) is 1.74. The fourth-order valence-corrected chi connectivity index (χ4v) is 3.57. The highest BCUT2D eigenvalue weighted by molar-refractivity contribution is 5.85. The summed E-state index contributed by atoms with van der Waals surface area (Å²) in [5.74, 6) is 1.42. The molecule has 2 aromatic rings. The van der Waals surface area contributed by atoms with E-state index in [0.717, 1.165) is 37.0 Å². The van der Waals surface area contributed by atoms with E-state index in [4.69, 9.17) is 9.47 Å². The van der Waals surface area contributed by atoms with Crippen LogP contribution < -0.4 is 4.74 Å². The highest BCUT2D eigenvalue weighted by atomic mass is 16.5. The van der Waals surface area contributed by atoms with E-state index < -0.39 is 0 Å². The Hall–Kier alpha value is -2.37. The van der Waals surface area contributed by atoms with Gasteiger partial charge in [-0.15, -0.1) is 0 Å². The minimum Gasteiger partial charge on any atom is -0.496 e. The molecule has 0 aliphatic heterocycles.